The van der Waals surface area contributed by atoms with Gasteiger partial charge in [-0.25, -0.2) is 4.79 Å². The van der Waals surface area contributed by atoms with Crippen LogP contribution in [0.2, 0.25) is 0 Å². The van der Waals surface area contributed by atoms with Gasteiger partial charge in [0.05, 0.1) is 6.61 Å². The first-order valence-electron chi connectivity index (χ1n) is 24.7. The van der Waals surface area contributed by atoms with Gasteiger partial charge in [-0.3, -0.25) is 43.5 Å². The zero-order valence-corrected chi connectivity index (χ0v) is 42.1. The SMILES string of the molecule is CC[C@H](C)[C@H](NC(=O)[C@H](Cc1ccccc1)NC(=O)[C@H](CCCN=C(N)N)NC(=O)[C@H](CC(C)C)NC(=O)[C@H](CCCN=C(N)N)NC(=O)[C@@H](N)CO)C(=O)N1CCC[C@H]1C(=O)N[C@@H](CCCCN)C(=O)O. The van der Waals surface area contributed by atoms with Gasteiger partial charge in [-0.15, -0.1) is 0 Å². The molecule has 0 bridgehead atoms. The Morgan fingerprint density at radius 1 is 0.694 bits per heavy atom. The lowest BCUT2D eigenvalue weighted by molar-refractivity contribution is -0.145. The third-order valence-corrected chi connectivity index (χ3v) is 12.1. The summed E-state index contributed by atoms with van der Waals surface area (Å²) >= 11 is 0. The summed E-state index contributed by atoms with van der Waals surface area (Å²) in [7, 11) is 0. The average Bonchev–Trinajstić information content (AvgIpc) is 3.84. The first-order valence-corrected chi connectivity index (χ1v) is 24.7. The summed E-state index contributed by atoms with van der Waals surface area (Å²) < 4.78 is 0. The molecule has 2 rings (SSSR count). The van der Waals surface area contributed by atoms with Crippen molar-refractivity contribution in [1.82, 2.24) is 36.8 Å². The van der Waals surface area contributed by atoms with Crippen LogP contribution in [0.5, 0.6) is 0 Å². The fourth-order valence-electron chi connectivity index (χ4n) is 7.92. The van der Waals surface area contributed by atoms with Crippen LogP contribution in [0, 0.1) is 11.8 Å². The van der Waals surface area contributed by atoms with Gasteiger partial charge in [-0.2, -0.15) is 0 Å². The number of benzene rings is 1. The van der Waals surface area contributed by atoms with Gasteiger partial charge < -0.3 is 81.4 Å². The lowest BCUT2D eigenvalue weighted by atomic mass is 9.96. The minimum absolute atomic E-state index is 0.0177. The van der Waals surface area contributed by atoms with Crippen molar-refractivity contribution in [2.45, 2.75) is 153 Å². The largest absolute Gasteiger partial charge is 0.480 e. The van der Waals surface area contributed by atoms with Gasteiger partial charge in [0.15, 0.2) is 11.9 Å². The fraction of sp³-hybridized carbons (Fsp3) is 0.660. The Kier molecular flexibility index (Phi) is 27.7. The minimum atomic E-state index is -1.34. The number of nitrogens with two attached hydrogens (primary N) is 6. The molecule has 7 amide bonds. The molecule has 1 heterocycles. The van der Waals surface area contributed by atoms with E-state index in [9.17, 15) is 48.6 Å². The molecular weight excluding hydrogens is 935 g/mol. The standard InChI is InChI=1S/C47H81N15O10/c1-5-28(4)37(44(70)62-23-13-19-36(62)43(69)58-33(45(71)72)16-9-10-20-48)61-42(68)35(25-29-14-7-6-8-15-29)60-40(66)32(18-12-22-55-47(52)53)57-41(67)34(24-27(2)3)59-39(65)31(17-11-21-54-46(50)51)56-38(64)30(49)26-63/h6-8,14-15,27-28,30-37,63H,5,9-13,16-26,48-49H2,1-4H3,(H,56,64)(H,57,67)(H,58,69)(H,59,65)(H,60,66)(H,61,68)(H,71,72)(H4,50,51,54)(H4,52,53,55)/t28-,30-,31-,32-,33-,34-,35-,36-,37-/m0/s1. The molecule has 20 N–H and O–H groups in total. The van der Waals surface area contributed by atoms with E-state index in [4.69, 9.17) is 34.4 Å². The number of guanidine groups is 2. The molecule has 0 radical (unpaired) electrons. The molecule has 72 heavy (non-hydrogen) atoms. The first kappa shape index (κ1) is 61.5. The van der Waals surface area contributed by atoms with E-state index in [-0.39, 0.29) is 88.8 Å². The summed E-state index contributed by atoms with van der Waals surface area (Å²) in [6, 6.07) is -1.04. The molecule has 1 aromatic carbocycles. The summed E-state index contributed by atoms with van der Waals surface area (Å²) in [5, 5.41) is 35.4. The van der Waals surface area contributed by atoms with Crippen molar-refractivity contribution in [1.29, 1.82) is 0 Å². The van der Waals surface area contributed by atoms with Gasteiger partial charge >= 0.3 is 5.97 Å². The van der Waals surface area contributed by atoms with Crippen LogP contribution in [0.4, 0.5) is 0 Å². The van der Waals surface area contributed by atoms with Crippen molar-refractivity contribution < 1.29 is 48.6 Å². The van der Waals surface area contributed by atoms with Crippen LogP contribution < -0.4 is 66.3 Å². The van der Waals surface area contributed by atoms with Gasteiger partial charge in [-0.05, 0) is 88.2 Å². The topological polar surface area (TPSA) is 433 Å². The van der Waals surface area contributed by atoms with E-state index in [2.05, 4.69) is 41.9 Å². The summed E-state index contributed by atoms with van der Waals surface area (Å²) in [5.74, 6) is -7.27. The van der Waals surface area contributed by atoms with Gasteiger partial charge in [0.2, 0.25) is 41.4 Å². The zero-order chi connectivity index (χ0) is 53.9. The van der Waals surface area contributed by atoms with Crippen LogP contribution in [0.25, 0.3) is 0 Å². The van der Waals surface area contributed by atoms with Crippen LogP contribution in [-0.2, 0) is 44.8 Å². The number of rotatable bonds is 33. The van der Waals surface area contributed by atoms with Gasteiger partial charge in [0.25, 0.3) is 0 Å². The average molecular weight is 1020 g/mol. The zero-order valence-electron chi connectivity index (χ0n) is 42.1. The number of unbranched alkanes of at least 4 members (excludes halogenated alkanes) is 1. The highest BCUT2D eigenvalue weighted by molar-refractivity contribution is 5.98. The Labute approximate surface area is 421 Å². The Morgan fingerprint density at radius 3 is 1.72 bits per heavy atom. The number of aliphatic carboxylic acids is 1. The monoisotopic (exact) mass is 1020 g/mol. The number of carbonyl (C=O) groups is 8. The number of carbonyl (C=O) groups excluding carboxylic acids is 7. The Balaban J connectivity index is 2.50. The van der Waals surface area contributed by atoms with Crippen molar-refractivity contribution in [3.63, 3.8) is 0 Å². The van der Waals surface area contributed by atoms with Crippen LogP contribution >= 0.6 is 0 Å². The van der Waals surface area contributed by atoms with Gasteiger partial charge in [0, 0.05) is 26.1 Å². The number of carboxylic acid groups (broad SMARTS) is 1. The number of hydrogen-bond donors (Lipinski definition) is 14. The summed E-state index contributed by atoms with van der Waals surface area (Å²) in [6.45, 7) is 7.24. The number of aliphatic imine (C=N–C) groups is 2. The predicted octanol–water partition coefficient (Wildman–Crippen LogP) is -3.14. The fourth-order valence-corrected chi connectivity index (χ4v) is 7.92. The highest BCUT2D eigenvalue weighted by Crippen LogP contribution is 2.22. The number of carboxylic acids is 1. The number of likely N-dealkylation sites (tertiary alicyclic amines) is 1. The lowest BCUT2D eigenvalue weighted by Crippen LogP contribution is -2.61. The van der Waals surface area contributed by atoms with Crippen molar-refractivity contribution in [2.24, 2.45) is 56.2 Å². The number of aliphatic hydroxyl groups is 1. The van der Waals surface area contributed by atoms with E-state index in [0.29, 0.717) is 37.8 Å². The van der Waals surface area contributed by atoms with Gasteiger partial charge in [0.1, 0.15) is 48.3 Å². The summed E-state index contributed by atoms with van der Waals surface area (Å²) in [4.78, 5) is 119. The first-order chi connectivity index (χ1) is 34.1. The third kappa shape index (κ3) is 21.8. The maximum absolute atomic E-state index is 14.6. The van der Waals surface area contributed by atoms with Crippen molar-refractivity contribution in [3.8, 4) is 0 Å². The minimum Gasteiger partial charge on any atom is -0.480 e. The van der Waals surface area contributed by atoms with Crippen LogP contribution in [0.3, 0.4) is 0 Å². The Hall–Kier alpha value is -6.60. The van der Waals surface area contributed by atoms with Crippen LogP contribution in [0.1, 0.15) is 104 Å². The van der Waals surface area contributed by atoms with Crippen LogP contribution in [0.15, 0.2) is 40.3 Å². The van der Waals surface area contributed by atoms with Crippen molar-refractivity contribution in [2.75, 3.05) is 32.8 Å². The number of amides is 7. The molecule has 9 atom stereocenters. The van der Waals surface area contributed by atoms with E-state index in [1.165, 1.54) is 4.90 Å². The maximum Gasteiger partial charge on any atom is 0.326 e. The molecule has 1 aliphatic rings. The molecule has 1 saturated heterocycles. The molecule has 25 heteroatoms. The molecule has 1 fully saturated rings. The molecule has 0 unspecified atom stereocenters. The van der Waals surface area contributed by atoms with E-state index >= 15 is 0 Å². The molecule has 0 aliphatic carbocycles. The molecule has 0 spiro atoms. The number of hydrogen-bond acceptors (Lipinski definition) is 13. The summed E-state index contributed by atoms with van der Waals surface area (Å²) in [5.41, 5.74) is 33.9. The summed E-state index contributed by atoms with van der Waals surface area (Å²) in [6.07, 6.45) is 2.78. The number of nitrogens with one attached hydrogen (secondary N) is 6. The molecule has 0 aromatic heterocycles. The maximum atomic E-state index is 14.6. The van der Waals surface area contributed by atoms with Crippen molar-refractivity contribution in [3.05, 3.63) is 35.9 Å². The number of aliphatic hydroxyl groups excluding tert-OH is 1. The number of nitrogens with zero attached hydrogens (tertiary/aromatic N) is 3. The lowest BCUT2D eigenvalue weighted by Gasteiger charge is -2.33. The van der Waals surface area contributed by atoms with E-state index in [1.54, 1.807) is 37.3 Å². The molecule has 25 nitrogen and oxygen atoms in total. The van der Waals surface area contributed by atoms with Crippen LogP contribution in [-0.4, -0.2) is 155 Å². The molecule has 1 aliphatic heterocycles. The molecular formula is C47H81N15O10. The Bertz CT molecular complexity index is 1980. The highest BCUT2D eigenvalue weighted by Gasteiger charge is 2.41. The second kappa shape index (κ2) is 32.4. The van der Waals surface area contributed by atoms with E-state index < -0.39 is 108 Å². The Morgan fingerprint density at radius 2 is 1.21 bits per heavy atom. The normalized spacial score (nSPS) is 16.6. The highest BCUT2D eigenvalue weighted by atomic mass is 16.4. The predicted molar refractivity (Wildman–Crippen MR) is 271 cm³/mol. The van der Waals surface area contributed by atoms with Crippen molar-refractivity contribution >= 4 is 59.2 Å². The second-order valence-electron chi connectivity index (χ2n) is 18.5. The smallest absolute Gasteiger partial charge is 0.326 e. The van der Waals surface area contributed by atoms with E-state index in [0.717, 1.165) is 0 Å². The third-order valence-electron chi connectivity index (χ3n) is 12.1. The molecule has 404 valence electrons. The van der Waals surface area contributed by atoms with Gasteiger partial charge in [-0.1, -0.05) is 64.4 Å². The second-order valence-corrected chi connectivity index (χ2v) is 18.5. The molecule has 0 saturated carbocycles. The van der Waals surface area contributed by atoms with E-state index in [1.807, 2.05) is 20.8 Å². The quantitative estimate of drug-likeness (QED) is 0.0188. The molecule has 1 aromatic rings.